The molecule has 1 atom stereocenters. The van der Waals surface area contributed by atoms with E-state index in [1.165, 1.54) is 14.2 Å². The number of hydrogen-bond acceptors (Lipinski definition) is 4. The summed E-state index contributed by atoms with van der Waals surface area (Å²) in [6.07, 6.45) is 0.454. The highest BCUT2D eigenvalue weighted by atomic mass is 16.5. The molecule has 2 aromatic carbocycles. The van der Waals surface area contributed by atoms with E-state index in [0.29, 0.717) is 23.6 Å². The highest BCUT2D eigenvalue weighted by molar-refractivity contribution is 6.21. The van der Waals surface area contributed by atoms with E-state index in [1.54, 1.807) is 18.2 Å². The van der Waals surface area contributed by atoms with Crippen LogP contribution in [0.25, 0.3) is 0 Å². The number of nitrogens with zero attached hydrogens (tertiary/aromatic N) is 1. The second-order valence-corrected chi connectivity index (χ2v) is 5.40. The lowest BCUT2D eigenvalue weighted by Crippen LogP contribution is -2.32. The zero-order valence-corrected chi connectivity index (χ0v) is 13.5. The van der Waals surface area contributed by atoms with Gasteiger partial charge >= 0.3 is 6.03 Å². The molecule has 2 aromatic rings. The summed E-state index contributed by atoms with van der Waals surface area (Å²) in [5.74, 6) is 0.715. The number of anilines is 1. The van der Waals surface area contributed by atoms with Crippen LogP contribution in [0.2, 0.25) is 0 Å². The molecule has 1 aliphatic heterocycles. The topological polar surface area (TPSA) is 67.9 Å². The van der Waals surface area contributed by atoms with Crippen LogP contribution in [0.5, 0.6) is 11.5 Å². The Labute approximate surface area is 140 Å². The maximum Gasteiger partial charge on any atom is 0.329 e. The lowest BCUT2D eigenvalue weighted by atomic mass is 10.1. The predicted octanol–water partition coefficient (Wildman–Crippen LogP) is 2.37. The van der Waals surface area contributed by atoms with Crippen LogP contribution in [0.1, 0.15) is 5.56 Å². The molecule has 1 saturated heterocycles. The largest absolute Gasteiger partial charge is 0.493 e. The molecular formula is C18H18N2O4. The van der Waals surface area contributed by atoms with Crippen molar-refractivity contribution < 1.29 is 19.1 Å². The van der Waals surface area contributed by atoms with Gasteiger partial charge in [0.25, 0.3) is 5.91 Å². The Hall–Kier alpha value is -3.02. The van der Waals surface area contributed by atoms with Crippen LogP contribution in [-0.2, 0) is 11.2 Å². The molecule has 0 bridgehead atoms. The van der Waals surface area contributed by atoms with Gasteiger partial charge in [0.2, 0.25) is 0 Å². The molecule has 3 rings (SSSR count). The third kappa shape index (κ3) is 2.90. The maximum atomic E-state index is 12.6. The Kier molecular flexibility index (Phi) is 4.37. The summed E-state index contributed by atoms with van der Waals surface area (Å²) < 4.78 is 10.4. The fourth-order valence-corrected chi connectivity index (χ4v) is 2.73. The Morgan fingerprint density at radius 3 is 2.38 bits per heavy atom. The summed E-state index contributed by atoms with van der Waals surface area (Å²) in [7, 11) is 3.03. The lowest BCUT2D eigenvalue weighted by molar-refractivity contribution is -0.118. The van der Waals surface area contributed by atoms with E-state index in [1.807, 2.05) is 30.3 Å². The van der Waals surface area contributed by atoms with Crippen LogP contribution >= 0.6 is 0 Å². The molecule has 24 heavy (non-hydrogen) atoms. The van der Waals surface area contributed by atoms with Crippen molar-refractivity contribution in [3.63, 3.8) is 0 Å². The van der Waals surface area contributed by atoms with Crippen molar-refractivity contribution in [2.45, 2.75) is 12.5 Å². The van der Waals surface area contributed by atoms with Gasteiger partial charge in [0.1, 0.15) is 6.04 Å². The number of carbonyl (C=O) groups excluding carboxylic acids is 2. The number of rotatable bonds is 5. The van der Waals surface area contributed by atoms with Gasteiger partial charge in [-0.1, -0.05) is 30.3 Å². The Balaban J connectivity index is 1.84. The van der Waals surface area contributed by atoms with Crippen LogP contribution in [-0.4, -0.2) is 32.2 Å². The van der Waals surface area contributed by atoms with E-state index < -0.39 is 12.1 Å². The Morgan fingerprint density at radius 2 is 1.71 bits per heavy atom. The first-order valence-electron chi connectivity index (χ1n) is 7.54. The second-order valence-electron chi connectivity index (χ2n) is 5.40. The average Bonchev–Trinajstić information content (AvgIpc) is 2.89. The van der Waals surface area contributed by atoms with Gasteiger partial charge < -0.3 is 14.8 Å². The van der Waals surface area contributed by atoms with Gasteiger partial charge in [-0.3, -0.25) is 4.79 Å². The number of benzene rings is 2. The van der Waals surface area contributed by atoms with Gasteiger partial charge in [0, 0.05) is 12.5 Å². The molecule has 1 aliphatic rings. The number of hydrogen-bond donors (Lipinski definition) is 1. The van der Waals surface area contributed by atoms with Crippen molar-refractivity contribution in [1.29, 1.82) is 0 Å². The second kappa shape index (κ2) is 6.62. The predicted molar refractivity (Wildman–Crippen MR) is 89.5 cm³/mol. The van der Waals surface area contributed by atoms with Gasteiger partial charge in [-0.05, 0) is 17.7 Å². The molecule has 1 N–H and O–H groups in total. The third-order valence-corrected chi connectivity index (χ3v) is 3.93. The molecule has 0 unspecified atom stereocenters. The van der Waals surface area contributed by atoms with E-state index in [-0.39, 0.29) is 5.91 Å². The minimum atomic E-state index is -0.576. The molecule has 0 spiro atoms. The zero-order chi connectivity index (χ0) is 17.1. The van der Waals surface area contributed by atoms with Crippen LogP contribution in [0.15, 0.2) is 48.5 Å². The van der Waals surface area contributed by atoms with E-state index in [2.05, 4.69) is 5.32 Å². The minimum absolute atomic E-state index is 0.281. The molecule has 124 valence electrons. The molecule has 0 saturated carbocycles. The Bertz CT molecular complexity index is 761. The summed E-state index contributed by atoms with van der Waals surface area (Å²) >= 11 is 0. The van der Waals surface area contributed by atoms with Gasteiger partial charge in [-0.15, -0.1) is 0 Å². The first-order chi connectivity index (χ1) is 11.6. The number of nitrogens with one attached hydrogen (secondary N) is 1. The SMILES string of the molecule is COc1ccc(N2C(=O)N[C@@H](Cc3ccccc3)C2=O)cc1OC. The highest BCUT2D eigenvalue weighted by Crippen LogP contribution is 2.32. The summed E-state index contributed by atoms with van der Waals surface area (Å²) in [5, 5.41) is 2.73. The molecule has 1 heterocycles. The summed E-state index contributed by atoms with van der Waals surface area (Å²) in [4.78, 5) is 26.0. The van der Waals surface area contributed by atoms with Crippen molar-refractivity contribution >= 4 is 17.6 Å². The zero-order valence-electron chi connectivity index (χ0n) is 13.5. The molecule has 0 aromatic heterocycles. The van der Waals surface area contributed by atoms with E-state index >= 15 is 0 Å². The van der Waals surface area contributed by atoms with Gasteiger partial charge in [0.15, 0.2) is 11.5 Å². The van der Waals surface area contributed by atoms with Crippen molar-refractivity contribution in [3.8, 4) is 11.5 Å². The van der Waals surface area contributed by atoms with Crippen molar-refractivity contribution in [1.82, 2.24) is 5.32 Å². The lowest BCUT2D eigenvalue weighted by Gasteiger charge is -2.15. The maximum absolute atomic E-state index is 12.6. The normalized spacial score (nSPS) is 16.9. The van der Waals surface area contributed by atoms with Crippen LogP contribution < -0.4 is 19.7 Å². The molecule has 0 radical (unpaired) electrons. The van der Waals surface area contributed by atoms with Crippen LogP contribution in [0.3, 0.4) is 0 Å². The molecule has 6 heteroatoms. The van der Waals surface area contributed by atoms with E-state index in [9.17, 15) is 9.59 Å². The fourth-order valence-electron chi connectivity index (χ4n) is 2.73. The van der Waals surface area contributed by atoms with Crippen LogP contribution in [0.4, 0.5) is 10.5 Å². The number of imide groups is 1. The molecule has 3 amide bonds. The van der Waals surface area contributed by atoms with Gasteiger partial charge in [0.05, 0.1) is 19.9 Å². The van der Waals surface area contributed by atoms with Gasteiger partial charge in [-0.2, -0.15) is 0 Å². The smallest absolute Gasteiger partial charge is 0.329 e. The fraction of sp³-hybridized carbons (Fsp3) is 0.222. The first kappa shape index (κ1) is 15.9. The first-order valence-corrected chi connectivity index (χ1v) is 7.54. The molecule has 1 fully saturated rings. The van der Waals surface area contributed by atoms with Crippen molar-refractivity contribution in [2.75, 3.05) is 19.1 Å². The molecule has 0 aliphatic carbocycles. The van der Waals surface area contributed by atoms with Crippen LogP contribution in [0, 0.1) is 0 Å². The highest BCUT2D eigenvalue weighted by Gasteiger charge is 2.39. The van der Waals surface area contributed by atoms with E-state index in [0.717, 1.165) is 10.5 Å². The molecule has 6 nitrogen and oxygen atoms in total. The number of carbonyl (C=O) groups is 2. The van der Waals surface area contributed by atoms with Crippen molar-refractivity contribution in [2.24, 2.45) is 0 Å². The quantitative estimate of drug-likeness (QED) is 0.857. The summed E-state index contributed by atoms with van der Waals surface area (Å²) in [5.41, 5.74) is 1.44. The average molecular weight is 326 g/mol. The third-order valence-electron chi connectivity index (χ3n) is 3.93. The number of ether oxygens (including phenoxy) is 2. The monoisotopic (exact) mass is 326 g/mol. The number of urea groups is 1. The number of amides is 3. The summed E-state index contributed by atoms with van der Waals surface area (Å²) in [6, 6.07) is 13.5. The summed E-state index contributed by atoms with van der Waals surface area (Å²) in [6.45, 7) is 0. The minimum Gasteiger partial charge on any atom is -0.493 e. The van der Waals surface area contributed by atoms with Gasteiger partial charge in [-0.25, -0.2) is 9.69 Å². The molecular weight excluding hydrogens is 308 g/mol. The standard InChI is InChI=1S/C18H18N2O4/c1-23-15-9-8-13(11-16(15)24-2)20-17(21)14(19-18(20)22)10-12-6-4-3-5-7-12/h3-9,11,14H,10H2,1-2H3,(H,19,22)/t14-/m0/s1. The Morgan fingerprint density at radius 1 is 1.00 bits per heavy atom. The number of methoxy groups -OCH3 is 2. The van der Waals surface area contributed by atoms with E-state index in [4.69, 9.17) is 9.47 Å². The van der Waals surface area contributed by atoms with Crippen molar-refractivity contribution in [3.05, 3.63) is 54.1 Å².